The van der Waals surface area contributed by atoms with Crippen molar-refractivity contribution in [1.29, 1.82) is 0 Å². The standard InChI is InChI=1S/C20H22ClN7O2S2/c1-4-5-9-28-16-15(17(29)24-19(28)30)27(3)14(23-16)10-31-20-26-25-18(32-20)22-13-8-6-7-12(21)11(13)2/h6-8H,4-5,9-10H2,1-3H3,(H,22,25)(H,24,29,30). The van der Waals surface area contributed by atoms with Crippen molar-refractivity contribution >= 4 is 56.7 Å². The minimum atomic E-state index is -0.428. The number of aromatic nitrogens is 6. The van der Waals surface area contributed by atoms with Crippen molar-refractivity contribution in [2.75, 3.05) is 5.32 Å². The summed E-state index contributed by atoms with van der Waals surface area (Å²) in [5, 5.41) is 13.0. The van der Waals surface area contributed by atoms with E-state index in [2.05, 4.69) is 25.5 Å². The van der Waals surface area contributed by atoms with Gasteiger partial charge in [0, 0.05) is 24.3 Å². The molecule has 0 atom stereocenters. The molecule has 3 aromatic heterocycles. The first-order valence-electron chi connectivity index (χ1n) is 10.1. The maximum atomic E-state index is 12.4. The molecule has 168 valence electrons. The lowest BCUT2D eigenvalue weighted by Crippen LogP contribution is -2.31. The zero-order chi connectivity index (χ0) is 22.8. The molecule has 2 N–H and O–H groups in total. The second-order valence-electron chi connectivity index (χ2n) is 7.22. The largest absolute Gasteiger partial charge is 0.330 e. The van der Waals surface area contributed by atoms with Crippen molar-refractivity contribution in [3.63, 3.8) is 0 Å². The van der Waals surface area contributed by atoms with Crippen LogP contribution in [-0.4, -0.2) is 29.3 Å². The van der Waals surface area contributed by atoms with Crippen LogP contribution in [0.5, 0.6) is 0 Å². The molecule has 4 rings (SSSR count). The topological polar surface area (TPSA) is 110 Å². The van der Waals surface area contributed by atoms with Gasteiger partial charge in [-0.15, -0.1) is 10.2 Å². The van der Waals surface area contributed by atoms with Crippen molar-refractivity contribution in [2.45, 2.75) is 43.3 Å². The van der Waals surface area contributed by atoms with Gasteiger partial charge in [-0.3, -0.25) is 14.3 Å². The second-order valence-corrected chi connectivity index (χ2v) is 9.83. The van der Waals surface area contributed by atoms with E-state index in [1.54, 1.807) is 11.6 Å². The average Bonchev–Trinajstić information content (AvgIpc) is 3.34. The number of nitrogens with one attached hydrogen (secondary N) is 2. The third-order valence-corrected chi connectivity index (χ3v) is 7.46. The van der Waals surface area contributed by atoms with Crippen molar-refractivity contribution in [2.24, 2.45) is 7.05 Å². The molecule has 4 aromatic rings. The first kappa shape index (κ1) is 22.6. The third-order valence-electron chi connectivity index (χ3n) is 5.08. The predicted octanol–water partition coefficient (Wildman–Crippen LogP) is 4.07. The Balaban J connectivity index is 1.54. The third kappa shape index (κ3) is 4.45. The molecule has 0 saturated heterocycles. The number of aryl methyl sites for hydroxylation is 2. The van der Waals surface area contributed by atoms with Crippen LogP contribution in [-0.2, 0) is 19.3 Å². The van der Waals surface area contributed by atoms with Gasteiger partial charge in [-0.2, -0.15) is 0 Å². The number of nitrogens with zero attached hydrogens (tertiary/aromatic N) is 5. The maximum absolute atomic E-state index is 12.4. The van der Waals surface area contributed by atoms with Gasteiger partial charge in [-0.25, -0.2) is 9.78 Å². The molecule has 32 heavy (non-hydrogen) atoms. The van der Waals surface area contributed by atoms with Crippen LogP contribution in [0.3, 0.4) is 0 Å². The lowest BCUT2D eigenvalue weighted by Gasteiger charge is -2.06. The number of aromatic amines is 1. The highest BCUT2D eigenvalue weighted by atomic mass is 35.5. The Bertz CT molecular complexity index is 1390. The minimum absolute atomic E-state index is 0.396. The number of rotatable bonds is 8. The molecule has 0 aliphatic rings. The van der Waals surface area contributed by atoms with E-state index >= 15 is 0 Å². The van der Waals surface area contributed by atoms with Crippen LogP contribution in [0.1, 0.15) is 31.2 Å². The first-order valence-corrected chi connectivity index (χ1v) is 12.2. The van der Waals surface area contributed by atoms with E-state index in [-0.39, 0.29) is 0 Å². The Kier molecular flexibility index (Phi) is 6.68. The number of H-pyrrole nitrogens is 1. The van der Waals surface area contributed by atoms with Gasteiger partial charge in [-0.1, -0.05) is 54.1 Å². The van der Waals surface area contributed by atoms with Crippen LogP contribution >= 0.6 is 34.7 Å². The molecule has 1 aromatic carbocycles. The molecule has 0 bridgehead atoms. The number of fused-ring (bicyclic) bond motifs is 1. The zero-order valence-corrected chi connectivity index (χ0v) is 20.2. The van der Waals surface area contributed by atoms with E-state index in [0.29, 0.717) is 39.4 Å². The molecule has 0 aliphatic carbocycles. The Morgan fingerprint density at radius 3 is 2.88 bits per heavy atom. The number of benzene rings is 1. The summed E-state index contributed by atoms with van der Waals surface area (Å²) in [7, 11) is 1.78. The molecule has 3 heterocycles. The number of unbranched alkanes of at least 4 members (excludes halogenated alkanes) is 1. The van der Waals surface area contributed by atoms with Gasteiger partial charge in [0.05, 0.1) is 5.75 Å². The Hall–Kier alpha value is -2.63. The quantitative estimate of drug-likeness (QED) is 0.357. The van der Waals surface area contributed by atoms with E-state index in [9.17, 15) is 9.59 Å². The van der Waals surface area contributed by atoms with E-state index in [0.717, 1.165) is 28.4 Å². The average molecular weight is 492 g/mol. The molecule has 0 spiro atoms. The number of hydrogen-bond acceptors (Lipinski definition) is 8. The van der Waals surface area contributed by atoms with E-state index in [1.165, 1.54) is 27.7 Å². The van der Waals surface area contributed by atoms with E-state index in [4.69, 9.17) is 11.6 Å². The van der Waals surface area contributed by atoms with Crippen LogP contribution in [0.25, 0.3) is 11.2 Å². The molecule has 0 saturated carbocycles. The van der Waals surface area contributed by atoms with Crippen LogP contribution in [0.15, 0.2) is 32.1 Å². The number of anilines is 2. The number of halogens is 1. The predicted molar refractivity (Wildman–Crippen MR) is 129 cm³/mol. The summed E-state index contributed by atoms with van der Waals surface area (Å²) >= 11 is 9.07. The number of thioether (sulfide) groups is 1. The molecule has 0 fully saturated rings. The summed E-state index contributed by atoms with van der Waals surface area (Å²) in [5.41, 5.74) is 1.78. The van der Waals surface area contributed by atoms with Crippen LogP contribution < -0.4 is 16.6 Å². The van der Waals surface area contributed by atoms with Gasteiger partial charge in [0.25, 0.3) is 5.56 Å². The van der Waals surface area contributed by atoms with E-state index < -0.39 is 11.2 Å². The van der Waals surface area contributed by atoms with Crippen molar-refractivity contribution in [1.82, 2.24) is 29.3 Å². The first-order chi connectivity index (χ1) is 15.4. The Morgan fingerprint density at radius 2 is 2.09 bits per heavy atom. The lowest BCUT2D eigenvalue weighted by atomic mass is 10.2. The summed E-state index contributed by atoms with van der Waals surface area (Å²) in [5.74, 6) is 1.17. The molecule has 12 heteroatoms. The highest BCUT2D eigenvalue weighted by Gasteiger charge is 2.17. The smallest absolute Gasteiger partial charge is 0.330 e. The van der Waals surface area contributed by atoms with Crippen LogP contribution in [0.4, 0.5) is 10.8 Å². The normalized spacial score (nSPS) is 11.4. The van der Waals surface area contributed by atoms with Crippen LogP contribution in [0.2, 0.25) is 5.02 Å². The highest BCUT2D eigenvalue weighted by Crippen LogP contribution is 2.32. The minimum Gasteiger partial charge on any atom is -0.330 e. The van der Waals surface area contributed by atoms with Gasteiger partial charge in [0.1, 0.15) is 5.82 Å². The molecular weight excluding hydrogens is 470 g/mol. The van der Waals surface area contributed by atoms with Crippen molar-refractivity contribution < 1.29 is 0 Å². The summed E-state index contributed by atoms with van der Waals surface area (Å²) in [6, 6.07) is 5.65. The molecule has 9 nitrogen and oxygen atoms in total. The summed E-state index contributed by atoms with van der Waals surface area (Å²) < 4.78 is 4.03. The van der Waals surface area contributed by atoms with Crippen LogP contribution in [0, 0.1) is 6.92 Å². The number of imidazole rings is 1. The Labute approximate surface area is 196 Å². The Morgan fingerprint density at radius 1 is 1.28 bits per heavy atom. The van der Waals surface area contributed by atoms with Gasteiger partial charge < -0.3 is 9.88 Å². The second kappa shape index (κ2) is 9.47. The molecule has 0 unspecified atom stereocenters. The van der Waals surface area contributed by atoms with Gasteiger partial charge in [-0.05, 0) is 31.0 Å². The molecule has 0 amide bonds. The summed E-state index contributed by atoms with van der Waals surface area (Å²) in [4.78, 5) is 31.7. The molecule has 0 radical (unpaired) electrons. The van der Waals surface area contributed by atoms with Crippen molar-refractivity contribution in [3.8, 4) is 0 Å². The fraction of sp³-hybridized carbons (Fsp3) is 0.350. The fourth-order valence-corrected chi connectivity index (χ4v) is 5.17. The summed E-state index contributed by atoms with van der Waals surface area (Å²) in [6.07, 6.45) is 1.76. The molecular formula is C20H22ClN7O2S2. The van der Waals surface area contributed by atoms with Gasteiger partial charge in [0.2, 0.25) is 5.13 Å². The molecule has 0 aliphatic heterocycles. The summed E-state index contributed by atoms with van der Waals surface area (Å²) in [6.45, 7) is 4.50. The van der Waals surface area contributed by atoms with Gasteiger partial charge >= 0.3 is 5.69 Å². The van der Waals surface area contributed by atoms with Crippen molar-refractivity contribution in [3.05, 3.63) is 55.4 Å². The van der Waals surface area contributed by atoms with Gasteiger partial charge in [0.15, 0.2) is 15.5 Å². The monoisotopic (exact) mass is 491 g/mol. The number of hydrogen-bond donors (Lipinski definition) is 2. The highest BCUT2D eigenvalue weighted by molar-refractivity contribution is 8.00. The van der Waals surface area contributed by atoms with E-state index in [1.807, 2.05) is 32.0 Å². The SMILES string of the molecule is CCCCn1c(=O)[nH]c(=O)c2c1nc(CSc1nnc(Nc3cccc(Cl)c3C)s1)n2C. The fourth-order valence-electron chi connectivity index (χ4n) is 3.25. The maximum Gasteiger partial charge on any atom is 0.330 e. The lowest BCUT2D eigenvalue weighted by molar-refractivity contribution is 0.613. The zero-order valence-electron chi connectivity index (χ0n) is 17.8.